The largest absolute Gasteiger partial charge is 0.321 e. The van der Waals surface area contributed by atoms with Gasteiger partial charge in [0.25, 0.3) is 0 Å². The van der Waals surface area contributed by atoms with Gasteiger partial charge in [-0.25, -0.2) is 4.39 Å². The van der Waals surface area contributed by atoms with Crippen molar-refractivity contribution < 1.29 is 4.39 Å². The van der Waals surface area contributed by atoms with Crippen molar-refractivity contribution in [2.75, 3.05) is 0 Å². The SMILES string of the molecule is NC1(c2cccc(CF)c2)CCCC1. The highest BCUT2D eigenvalue weighted by molar-refractivity contribution is 5.29. The van der Waals surface area contributed by atoms with E-state index in [0.717, 1.165) is 24.0 Å². The molecule has 0 saturated heterocycles. The second-order valence-electron chi connectivity index (χ2n) is 4.20. The van der Waals surface area contributed by atoms with Gasteiger partial charge in [-0.15, -0.1) is 0 Å². The Bertz CT molecular complexity index is 316. The zero-order chi connectivity index (χ0) is 10.0. The fourth-order valence-electron chi connectivity index (χ4n) is 2.26. The highest BCUT2D eigenvalue weighted by Gasteiger charge is 2.30. The van der Waals surface area contributed by atoms with Gasteiger partial charge in [0.1, 0.15) is 6.67 Å². The van der Waals surface area contributed by atoms with Crippen LogP contribution in [0.1, 0.15) is 36.8 Å². The highest BCUT2D eigenvalue weighted by atomic mass is 19.1. The van der Waals surface area contributed by atoms with E-state index in [0.29, 0.717) is 0 Å². The van der Waals surface area contributed by atoms with E-state index in [-0.39, 0.29) is 5.54 Å². The van der Waals surface area contributed by atoms with Gasteiger partial charge < -0.3 is 5.73 Å². The van der Waals surface area contributed by atoms with Gasteiger partial charge in [-0.1, -0.05) is 37.1 Å². The fraction of sp³-hybridized carbons (Fsp3) is 0.500. The summed E-state index contributed by atoms with van der Waals surface area (Å²) in [7, 11) is 0. The Balaban J connectivity index is 2.30. The molecule has 2 rings (SSSR count). The van der Waals surface area contributed by atoms with E-state index in [2.05, 4.69) is 0 Å². The first-order valence-electron chi connectivity index (χ1n) is 5.19. The van der Waals surface area contributed by atoms with E-state index in [1.54, 1.807) is 0 Å². The van der Waals surface area contributed by atoms with Crippen LogP contribution in [0.4, 0.5) is 4.39 Å². The van der Waals surface area contributed by atoms with Crippen LogP contribution >= 0.6 is 0 Å². The molecule has 14 heavy (non-hydrogen) atoms. The van der Waals surface area contributed by atoms with Crippen LogP contribution in [0.15, 0.2) is 24.3 Å². The number of benzene rings is 1. The predicted octanol–water partition coefficient (Wildman–Crippen LogP) is 2.88. The molecule has 0 atom stereocenters. The van der Waals surface area contributed by atoms with Gasteiger partial charge >= 0.3 is 0 Å². The second-order valence-corrected chi connectivity index (χ2v) is 4.20. The van der Waals surface area contributed by atoms with Gasteiger partial charge in [-0.3, -0.25) is 0 Å². The summed E-state index contributed by atoms with van der Waals surface area (Å²) >= 11 is 0. The maximum atomic E-state index is 12.5. The van der Waals surface area contributed by atoms with E-state index < -0.39 is 6.67 Å². The summed E-state index contributed by atoms with van der Waals surface area (Å²) in [6.07, 6.45) is 4.44. The van der Waals surface area contributed by atoms with Crippen LogP contribution in [0.3, 0.4) is 0 Å². The Morgan fingerprint density at radius 3 is 2.64 bits per heavy atom. The molecule has 1 aromatic carbocycles. The van der Waals surface area contributed by atoms with E-state index in [1.165, 1.54) is 12.8 Å². The van der Waals surface area contributed by atoms with Crippen molar-refractivity contribution in [3.63, 3.8) is 0 Å². The molecule has 0 bridgehead atoms. The summed E-state index contributed by atoms with van der Waals surface area (Å²) in [4.78, 5) is 0. The quantitative estimate of drug-likeness (QED) is 0.767. The van der Waals surface area contributed by atoms with Crippen LogP contribution < -0.4 is 5.73 Å². The molecule has 0 spiro atoms. The monoisotopic (exact) mass is 193 g/mol. The minimum Gasteiger partial charge on any atom is -0.321 e. The normalized spacial score (nSPS) is 19.9. The lowest BCUT2D eigenvalue weighted by atomic mass is 9.88. The Hall–Kier alpha value is -0.890. The van der Waals surface area contributed by atoms with Crippen molar-refractivity contribution in [1.29, 1.82) is 0 Å². The predicted molar refractivity (Wildman–Crippen MR) is 55.6 cm³/mol. The lowest BCUT2D eigenvalue weighted by Gasteiger charge is -2.24. The van der Waals surface area contributed by atoms with Gasteiger partial charge in [0.15, 0.2) is 0 Å². The molecular weight excluding hydrogens is 177 g/mol. The summed E-state index contributed by atoms with van der Waals surface area (Å²) < 4.78 is 12.5. The van der Waals surface area contributed by atoms with Crippen LogP contribution in [0.5, 0.6) is 0 Å². The Morgan fingerprint density at radius 2 is 2.00 bits per heavy atom. The first-order chi connectivity index (χ1) is 6.74. The van der Waals surface area contributed by atoms with Gasteiger partial charge in [-0.2, -0.15) is 0 Å². The minimum absolute atomic E-state index is 0.189. The van der Waals surface area contributed by atoms with Crippen molar-refractivity contribution in [2.45, 2.75) is 37.9 Å². The maximum absolute atomic E-state index is 12.5. The van der Waals surface area contributed by atoms with E-state index >= 15 is 0 Å². The maximum Gasteiger partial charge on any atom is 0.115 e. The first kappa shape index (κ1) is 9.66. The molecule has 0 aliphatic heterocycles. The van der Waals surface area contributed by atoms with Crippen LogP contribution in [0.2, 0.25) is 0 Å². The molecule has 0 aromatic heterocycles. The molecule has 0 heterocycles. The molecule has 2 heteroatoms. The molecular formula is C12H16FN. The number of alkyl halides is 1. The van der Waals surface area contributed by atoms with Crippen LogP contribution in [-0.4, -0.2) is 0 Å². The number of rotatable bonds is 2. The molecule has 1 saturated carbocycles. The molecule has 1 aliphatic rings. The molecule has 1 aromatic rings. The van der Waals surface area contributed by atoms with Crippen LogP contribution in [0, 0.1) is 0 Å². The molecule has 76 valence electrons. The third kappa shape index (κ3) is 1.67. The summed E-state index contributed by atoms with van der Waals surface area (Å²) in [6, 6.07) is 7.63. The van der Waals surface area contributed by atoms with E-state index in [9.17, 15) is 4.39 Å². The number of nitrogens with two attached hydrogens (primary N) is 1. The summed E-state index contributed by atoms with van der Waals surface area (Å²) in [5, 5.41) is 0. The molecule has 1 nitrogen and oxygen atoms in total. The average molecular weight is 193 g/mol. The summed E-state index contributed by atoms with van der Waals surface area (Å²) in [5.74, 6) is 0. The van der Waals surface area contributed by atoms with Gasteiger partial charge in [0, 0.05) is 5.54 Å². The second kappa shape index (κ2) is 3.70. The fourth-order valence-corrected chi connectivity index (χ4v) is 2.26. The van der Waals surface area contributed by atoms with Crippen molar-refractivity contribution in [1.82, 2.24) is 0 Å². The summed E-state index contributed by atoms with van der Waals surface area (Å²) in [5.41, 5.74) is 7.93. The Kier molecular flexibility index (Phi) is 2.55. The topological polar surface area (TPSA) is 26.0 Å². The summed E-state index contributed by atoms with van der Waals surface area (Å²) in [6.45, 7) is -0.399. The number of hydrogen-bond acceptors (Lipinski definition) is 1. The molecule has 0 unspecified atom stereocenters. The zero-order valence-electron chi connectivity index (χ0n) is 8.30. The molecule has 2 N–H and O–H groups in total. The molecule has 0 radical (unpaired) electrons. The van der Waals surface area contributed by atoms with E-state index in [1.807, 2.05) is 24.3 Å². The van der Waals surface area contributed by atoms with Gasteiger partial charge in [0.05, 0.1) is 0 Å². The molecule has 1 aliphatic carbocycles. The lowest BCUT2D eigenvalue weighted by molar-refractivity contribution is 0.456. The Labute approximate surface area is 84.1 Å². The smallest absolute Gasteiger partial charge is 0.115 e. The van der Waals surface area contributed by atoms with Crippen molar-refractivity contribution in [3.05, 3.63) is 35.4 Å². The molecule has 0 amide bonds. The van der Waals surface area contributed by atoms with E-state index in [4.69, 9.17) is 5.73 Å². The van der Waals surface area contributed by atoms with Gasteiger partial charge in [0.2, 0.25) is 0 Å². The third-order valence-electron chi connectivity index (χ3n) is 3.15. The number of hydrogen-bond donors (Lipinski definition) is 1. The van der Waals surface area contributed by atoms with Crippen molar-refractivity contribution in [2.24, 2.45) is 5.73 Å². The van der Waals surface area contributed by atoms with Crippen molar-refractivity contribution in [3.8, 4) is 0 Å². The number of halogens is 1. The Morgan fingerprint density at radius 1 is 1.29 bits per heavy atom. The lowest BCUT2D eigenvalue weighted by Crippen LogP contribution is -2.33. The highest BCUT2D eigenvalue weighted by Crippen LogP contribution is 2.36. The molecule has 1 fully saturated rings. The standard InChI is InChI=1S/C12H16FN/c13-9-10-4-3-5-11(8-10)12(14)6-1-2-7-12/h3-5,8H,1-2,6-7,9,14H2. The average Bonchev–Trinajstić information content (AvgIpc) is 2.67. The zero-order valence-corrected chi connectivity index (χ0v) is 8.30. The van der Waals surface area contributed by atoms with Crippen LogP contribution in [-0.2, 0) is 12.2 Å². The van der Waals surface area contributed by atoms with Crippen molar-refractivity contribution >= 4 is 0 Å². The first-order valence-corrected chi connectivity index (χ1v) is 5.19. The van der Waals surface area contributed by atoms with Gasteiger partial charge in [-0.05, 0) is 24.0 Å². The van der Waals surface area contributed by atoms with Crippen LogP contribution in [0.25, 0.3) is 0 Å². The minimum atomic E-state index is -0.399. The third-order valence-corrected chi connectivity index (χ3v) is 3.15.